The smallest absolute Gasteiger partial charge is 0.257 e. The number of pyridine rings is 1. The summed E-state index contributed by atoms with van der Waals surface area (Å²) in [6.45, 7) is 4.88. The summed E-state index contributed by atoms with van der Waals surface area (Å²) in [5, 5.41) is 4.92. The van der Waals surface area contributed by atoms with E-state index in [0.29, 0.717) is 11.3 Å². The van der Waals surface area contributed by atoms with Crippen molar-refractivity contribution in [2.24, 2.45) is 0 Å². The molecule has 2 aromatic heterocycles. The van der Waals surface area contributed by atoms with E-state index in [0.717, 1.165) is 30.5 Å². The molecule has 4 rings (SSSR count). The largest absolute Gasteiger partial charge is 0.336 e. The summed E-state index contributed by atoms with van der Waals surface area (Å²) < 4.78 is 5.27. The first-order chi connectivity index (χ1) is 12.1. The second-order valence-corrected chi connectivity index (χ2v) is 6.87. The summed E-state index contributed by atoms with van der Waals surface area (Å²) in [6.07, 6.45) is 3.61. The third-order valence-electron chi connectivity index (χ3n) is 4.85. The van der Waals surface area contributed by atoms with Gasteiger partial charge in [0, 0.05) is 12.7 Å². The Kier molecular flexibility index (Phi) is 3.99. The predicted octanol–water partition coefficient (Wildman–Crippen LogP) is 4.32. The minimum atomic E-state index is 0.0247. The van der Waals surface area contributed by atoms with E-state index < -0.39 is 0 Å². The molecule has 1 unspecified atom stereocenters. The zero-order valence-corrected chi connectivity index (χ0v) is 14.5. The fourth-order valence-corrected chi connectivity index (χ4v) is 3.58. The number of nitrogens with zero attached hydrogens (tertiary/aromatic N) is 3. The number of aromatic nitrogens is 2. The lowest BCUT2D eigenvalue weighted by Gasteiger charge is -2.25. The van der Waals surface area contributed by atoms with Crippen LogP contribution in [0.3, 0.4) is 0 Å². The molecule has 1 aliphatic rings. The normalized spacial score (nSPS) is 17.6. The summed E-state index contributed by atoms with van der Waals surface area (Å²) in [4.78, 5) is 19.4. The zero-order chi connectivity index (χ0) is 17.4. The molecule has 1 atom stereocenters. The molecule has 1 fully saturated rings. The summed E-state index contributed by atoms with van der Waals surface area (Å²) in [5.41, 5.74) is 3.12. The van der Waals surface area contributed by atoms with Crippen molar-refractivity contribution in [2.45, 2.75) is 38.6 Å². The number of rotatable bonds is 3. The highest BCUT2D eigenvalue weighted by molar-refractivity contribution is 5.97. The van der Waals surface area contributed by atoms with E-state index in [1.54, 1.807) is 6.20 Å². The van der Waals surface area contributed by atoms with Gasteiger partial charge < -0.3 is 9.42 Å². The van der Waals surface area contributed by atoms with Crippen LogP contribution in [-0.4, -0.2) is 27.5 Å². The molecule has 1 amide bonds. The Morgan fingerprint density at radius 1 is 1.28 bits per heavy atom. The van der Waals surface area contributed by atoms with Gasteiger partial charge in [0.15, 0.2) is 0 Å². The molecule has 3 aromatic rings. The lowest BCUT2D eigenvalue weighted by Crippen LogP contribution is -2.30. The highest BCUT2D eigenvalue weighted by Crippen LogP contribution is 2.33. The average Bonchev–Trinajstić information content (AvgIpc) is 3.28. The molecule has 25 heavy (non-hydrogen) atoms. The molecule has 3 heterocycles. The Morgan fingerprint density at radius 3 is 2.84 bits per heavy atom. The van der Waals surface area contributed by atoms with Crippen LogP contribution >= 0.6 is 0 Å². The van der Waals surface area contributed by atoms with Crippen LogP contribution in [0.25, 0.3) is 11.1 Å². The Labute approximate surface area is 146 Å². The number of carbonyl (C=O) groups is 1. The van der Waals surface area contributed by atoms with Crippen LogP contribution in [0.2, 0.25) is 0 Å². The number of hydrogen-bond donors (Lipinski definition) is 0. The van der Waals surface area contributed by atoms with Crippen LogP contribution < -0.4 is 0 Å². The van der Waals surface area contributed by atoms with E-state index in [4.69, 9.17) is 4.52 Å². The molecule has 5 heteroatoms. The quantitative estimate of drug-likeness (QED) is 0.715. The maximum atomic E-state index is 13.1. The highest BCUT2D eigenvalue weighted by atomic mass is 16.5. The van der Waals surface area contributed by atoms with Crippen molar-refractivity contribution in [2.75, 3.05) is 6.54 Å². The average molecular weight is 335 g/mol. The second-order valence-electron chi connectivity index (χ2n) is 6.87. The van der Waals surface area contributed by atoms with E-state index in [2.05, 4.69) is 36.1 Å². The lowest BCUT2D eigenvalue weighted by molar-refractivity contribution is 0.0735. The fourth-order valence-electron chi connectivity index (χ4n) is 3.58. The Balaban J connectivity index is 1.68. The number of amides is 1. The molecule has 5 nitrogen and oxygen atoms in total. The van der Waals surface area contributed by atoms with Gasteiger partial charge in [0.05, 0.1) is 22.7 Å². The molecule has 0 radical (unpaired) electrons. The molecule has 0 spiro atoms. The van der Waals surface area contributed by atoms with Gasteiger partial charge in [-0.3, -0.25) is 4.79 Å². The van der Waals surface area contributed by atoms with Crippen molar-refractivity contribution < 1.29 is 9.32 Å². The van der Waals surface area contributed by atoms with Crippen molar-refractivity contribution >= 4 is 17.0 Å². The van der Waals surface area contributed by atoms with Crippen LogP contribution in [0.15, 0.2) is 47.1 Å². The second kappa shape index (κ2) is 6.31. The van der Waals surface area contributed by atoms with Gasteiger partial charge in [-0.05, 0) is 30.4 Å². The molecular formula is C20H21N3O2. The summed E-state index contributed by atoms with van der Waals surface area (Å²) in [7, 11) is 0. The van der Waals surface area contributed by atoms with Gasteiger partial charge in [0.2, 0.25) is 0 Å². The first-order valence-electron chi connectivity index (χ1n) is 8.76. The van der Waals surface area contributed by atoms with Crippen LogP contribution in [0, 0.1) is 0 Å². The maximum Gasteiger partial charge on any atom is 0.257 e. The van der Waals surface area contributed by atoms with E-state index in [9.17, 15) is 4.79 Å². The van der Waals surface area contributed by atoms with Gasteiger partial charge in [-0.2, -0.15) is 0 Å². The fraction of sp³-hybridized carbons (Fsp3) is 0.350. The number of fused-ring (bicyclic) bond motifs is 1. The van der Waals surface area contributed by atoms with Crippen molar-refractivity contribution in [1.29, 1.82) is 0 Å². The molecule has 0 aliphatic carbocycles. The van der Waals surface area contributed by atoms with Gasteiger partial charge in [0.1, 0.15) is 0 Å². The molecule has 0 N–H and O–H groups in total. The van der Waals surface area contributed by atoms with Crippen molar-refractivity contribution in [3.8, 4) is 0 Å². The van der Waals surface area contributed by atoms with Crippen molar-refractivity contribution in [3.63, 3.8) is 0 Å². The summed E-state index contributed by atoms with van der Waals surface area (Å²) >= 11 is 0. The minimum absolute atomic E-state index is 0.0247. The van der Waals surface area contributed by atoms with Gasteiger partial charge >= 0.3 is 0 Å². The topological polar surface area (TPSA) is 59.2 Å². The monoisotopic (exact) mass is 335 g/mol. The van der Waals surface area contributed by atoms with Gasteiger partial charge in [-0.1, -0.05) is 49.3 Å². The summed E-state index contributed by atoms with van der Waals surface area (Å²) in [6, 6.07) is 12.2. The molecule has 1 saturated heterocycles. The zero-order valence-electron chi connectivity index (χ0n) is 14.5. The van der Waals surface area contributed by atoms with Crippen molar-refractivity contribution in [1.82, 2.24) is 15.0 Å². The molecule has 1 aliphatic heterocycles. The lowest BCUT2D eigenvalue weighted by atomic mass is 10.0. The third kappa shape index (κ3) is 2.80. The van der Waals surface area contributed by atoms with E-state index in [-0.39, 0.29) is 17.9 Å². The third-order valence-corrected chi connectivity index (χ3v) is 4.85. The molecular weight excluding hydrogens is 314 g/mol. The van der Waals surface area contributed by atoms with E-state index >= 15 is 0 Å². The highest BCUT2D eigenvalue weighted by Gasteiger charge is 2.31. The van der Waals surface area contributed by atoms with Crippen molar-refractivity contribution in [3.05, 3.63) is 59.4 Å². The van der Waals surface area contributed by atoms with E-state index in [1.807, 2.05) is 29.2 Å². The number of hydrogen-bond acceptors (Lipinski definition) is 4. The Bertz CT molecular complexity index is 902. The molecule has 0 saturated carbocycles. The molecule has 128 valence electrons. The molecule has 1 aromatic carbocycles. The summed E-state index contributed by atoms with van der Waals surface area (Å²) in [5.74, 6) is 0.244. The number of benzene rings is 1. The number of carbonyl (C=O) groups excluding carboxylic acids is 1. The van der Waals surface area contributed by atoms with Crippen LogP contribution in [0.1, 0.15) is 60.3 Å². The van der Waals surface area contributed by atoms with Gasteiger partial charge in [-0.15, -0.1) is 0 Å². The standard InChI is InChI=1S/C20H21N3O2/c1-13(2)18-16-11-15(12-21-19(16)25-22-18)20(24)23-10-6-9-17(23)14-7-4-3-5-8-14/h3-5,7-8,11-13,17H,6,9-10H2,1-2H3. The van der Waals surface area contributed by atoms with Crippen LogP contribution in [0.4, 0.5) is 0 Å². The molecule has 0 bridgehead atoms. The van der Waals surface area contributed by atoms with Crippen LogP contribution in [0.5, 0.6) is 0 Å². The van der Waals surface area contributed by atoms with E-state index in [1.165, 1.54) is 5.56 Å². The van der Waals surface area contributed by atoms with Gasteiger partial charge in [0.25, 0.3) is 11.6 Å². The Morgan fingerprint density at radius 2 is 2.08 bits per heavy atom. The predicted molar refractivity (Wildman–Crippen MR) is 95.3 cm³/mol. The maximum absolute atomic E-state index is 13.1. The van der Waals surface area contributed by atoms with Crippen LogP contribution in [-0.2, 0) is 0 Å². The SMILES string of the molecule is CC(C)c1noc2ncc(C(=O)N3CCCC3c3ccccc3)cc12. The minimum Gasteiger partial charge on any atom is -0.336 e. The first-order valence-corrected chi connectivity index (χ1v) is 8.76. The first kappa shape index (κ1) is 15.8. The van der Waals surface area contributed by atoms with Gasteiger partial charge in [-0.25, -0.2) is 4.98 Å². The Hall–Kier alpha value is -2.69. The number of likely N-dealkylation sites (tertiary alicyclic amines) is 1.